The van der Waals surface area contributed by atoms with E-state index in [1.165, 1.54) is 0 Å². The van der Waals surface area contributed by atoms with Gasteiger partial charge in [-0.25, -0.2) is 0 Å². The molecule has 0 spiro atoms. The van der Waals surface area contributed by atoms with Crippen LogP contribution in [0.1, 0.15) is 36.9 Å². The van der Waals surface area contributed by atoms with Crippen LogP contribution < -0.4 is 5.32 Å². The van der Waals surface area contributed by atoms with Crippen LogP contribution in [0.2, 0.25) is 5.15 Å². The van der Waals surface area contributed by atoms with E-state index in [4.69, 9.17) is 11.6 Å². The first-order valence-electron chi connectivity index (χ1n) is 7.11. The molecule has 1 aromatic rings. The van der Waals surface area contributed by atoms with Crippen LogP contribution in [0.3, 0.4) is 0 Å². The number of carbonyl (C=O) groups excluding carboxylic acids is 1. The Balaban J connectivity index is 1.98. The molecule has 0 aromatic carbocycles. The zero-order valence-corrected chi connectivity index (χ0v) is 12.8. The highest BCUT2D eigenvalue weighted by molar-refractivity contribution is 6.30. The molecule has 1 aromatic heterocycles. The fourth-order valence-electron chi connectivity index (χ4n) is 2.91. The number of rotatable bonds is 4. The van der Waals surface area contributed by atoms with Gasteiger partial charge in [-0.05, 0) is 19.8 Å². The van der Waals surface area contributed by atoms with Crippen molar-refractivity contribution in [2.45, 2.75) is 45.1 Å². The first kappa shape index (κ1) is 15.3. The highest BCUT2D eigenvalue weighted by atomic mass is 35.5. The van der Waals surface area contributed by atoms with Crippen LogP contribution in [0.15, 0.2) is 0 Å². The van der Waals surface area contributed by atoms with Gasteiger partial charge in [0.2, 0.25) is 5.91 Å². The third-order valence-electron chi connectivity index (χ3n) is 4.10. The van der Waals surface area contributed by atoms with Crippen LogP contribution in [-0.4, -0.2) is 33.4 Å². The molecule has 0 aliphatic heterocycles. The molecule has 1 heterocycles. The Morgan fingerprint density at radius 3 is 2.80 bits per heavy atom. The number of aryl methyl sites for hydroxylation is 2. The molecule has 0 bridgehead atoms. The normalized spacial score (nSPS) is 22.8. The maximum Gasteiger partial charge on any atom is 0.224 e. The average Bonchev–Trinajstić information content (AvgIpc) is 2.66. The Kier molecular flexibility index (Phi) is 5.05. The highest BCUT2D eigenvalue weighted by Gasteiger charge is 2.26. The van der Waals surface area contributed by atoms with Crippen LogP contribution in [0.25, 0.3) is 0 Å². The van der Waals surface area contributed by atoms with E-state index in [-0.39, 0.29) is 30.9 Å². The van der Waals surface area contributed by atoms with Gasteiger partial charge in [0.25, 0.3) is 0 Å². The Hall–Kier alpha value is -1.07. The summed E-state index contributed by atoms with van der Waals surface area (Å²) >= 11 is 6.14. The second-order valence-electron chi connectivity index (χ2n) is 5.56. The van der Waals surface area contributed by atoms with Gasteiger partial charge in [-0.2, -0.15) is 5.10 Å². The lowest BCUT2D eigenvalue weighted by Gasteiger charge is -2.30. The van der Waals surface area contributed by atoms with Crippen LogP contribution in [0.4, 0.5) is 0 Å². The van der Waals surface area contributed by atoms with Crippen molar-refractivity contribution in [1.82, 2.24) is 15.1 Å². The van der Waals surface area contributed by atoms with E-state index in [9.17, 15) is 9.90 Å². The number of hydrogen-bond donors (Lipinski definition) is 2. The molecule has 1 aliphatic carbocycles. The number of hydrogen-bond acceptors (Lipinski definition) is 3. The molecular formula is C14H22ClN3O2. The number of halogens is 1. The molecule has 112 valence electrons. The quantitative estimate of drug-likeness (QED) is 0.887. The number of aliphatic hydroxyl groups is 1. The Labute approximate surface area is 124 Å². The van der Waals surface area contributed by atoms with Gasteiger partial charge < -0.3 is 10.4 Å². The largest absolute Gasteiger partial charge is 0.396 e. The molecule has 2 rings (SSSR count). The molecule has 0 saturated heterocycles. The third-order valence-corrected chi connectivity index (χ3v) is 4.57. The molecule has 0 radical (unpaired) electrons. The van der Waals surface area contributed by atoms with Crippen molar-refractivity contribution in [2.24, 2.45) is 13.0 Å². The minimum Gasteiger partial charge on any atom is -0.396 e. The summed E-state index contributed by atoms with van der Waals surface area (Å²) in [5.41, 5.74) is 1.57. The number of amides is 1. The van der Waals surface area contributed by atoms with E-state index in [1.807, 2.05) is 6.92 Å². The zero-order chi connectivity index (χ0) is 14.7. The summed E-state index contributed by atoms with van der Waals surface area (Å²) in [7, 11) is 1.76. The maximum atomic E-state index is 12.2. The molecule has 1 aliphatic rings. The van der Waals surface area contributed by atoms with E-state index < -0.39 is 0 Å². The summed E-state index contributed by atoms with van der Waals surface area (Å²) in [5, 5.41) is 17.1. The molecular weight excluding hydrogens is 278 g/mol. The molecule has 2 unspecified atom stereocenters. The molecule has 2 N–H and O–H groups in total. The number of nitrogens with zero attached hydrogens (tertiary/aromatic N) is 2. The van der Waals surface area contributed by atoms with Crippen LogP contribution in [-0.2, 0) is 18.3 Å². The first-order valence-corrected chi connectivity index (χ1v) is 7.49. The minimum absolute atomic E-state index is 0.0478. The van der Waals surface area contributed by atoms with Crippen molar-refractivity contribution in [3.63, 3.8) is 0 Å². The van der Waals surface area contributed by atoms with E-state index in [2.05, 4.69) is 10.4 Å². The van der Waals surface area contributed by atoms with Crippen molar-refractivity contribution in [2.75, 3.05) is 6.61 Å². The summed E-state index contributed by atoms with van der Waals surface area (Å²) in [6, 6.07) is 0.0806. The van der Waals surface area contributed by atoms with Gasteiger partial charge in [0.05, 0.1) is 12.1 Å². The third kappa shape index (κ3) is 3.33. The first-order chi connectivity index (χ1) is 9.52. The average molecular weight is 300 g/mol. The molecule has 1 amide bonds. The molecule has 6 heteroatoms. The lowest BCUT2D eigenvalue weighted by Crippen LogP contribution is -2.44. The summed E-state index contributed by atoms with van der Waals surface area (Å²) < 4.78 is 1.58. The minimum atomic E-state index is -0.0478. The van der Waals surface area contributed by atoms with Crippen LogP contribution >= 0.6 is 11.6 Å². The van der Waals surface area contributed by atoms with E-state index in [0.717, 1.165) is 36.9 Å². The van der Waals surface area contributed by atoms with Gasteiger partial charge in [-0.3, -0.25) is 9.48 Å². The number of carbonyl (C=O) groups is 1. The van der Waals surface area contributed by atoms with Gasteiger partial charge in [0.15, 0.2) is 0 Å². The smallest absolute Gasteiger partial charge is 0.224 e. The van der Waals surface area contributed by atoms with Crippen LogP contribution in [0.5, 0.6) is 0 Å². The second-order valence-corrected chi connectivity index (χ2v) is 5.91. The number of aliphatic hydroxyl groups excluding tert-OH is 1. The van der Waals surface area contributed by atoms with Gasteiger partial charge in [-0.15, -0.1) is 0 Å². The van der Waals surface area contributed by atoms with Crippen molar-refractivity contribution >= 4 is 17.5 Å². The zero-order valence-electron chi connectivity index (χ0n) is 12.0. The van der Waals surface area contributed by atoms with Gasteiger partial charge in [-0.1, -0.05) is 24.4 Å². The van der Waals surface area contributed by atoms with E-state index in [1.54, 1.807) is 11.7 Å². The van der Waals surface area contributed by atoms with E-state index in [0.29, 0.717) is 5.15 Å². The molecule has 1 fully saturated rings. The van der Waals surface area contributed by atoms with Gasteiger partial charge in [0.1, 0.15) is 5.15 Å². The summed E-state index contributed by atoms with van der Waals surface area (Å²) in [5.74, 6) is 0.131. The lowest BCUT2D eigenvalue weighted by molar-refractivity contribution is -0.121. The van der Waals surface area contributed by atoms with Crippen molar-refractivity contribution < 1.29 is 9.90 Å². The van der Waals surface area contributed by atoms with Crippen molar-refractivity contribution in [3.8, 4) is 0 Å². The fraction of sp³-hybridized carbons (Fsp3) is 0.714. The molecule has 1 saturated carbocycles. The Morgan fingerprint density at radius 2 is 2.20 bits per heavy atom. The predicted octanol–water partition coefficient (Wildman–Crippen LogP) is 1.59. The summed E-state index contributed by atoms with van der Waals surface area (Å²) in [6.07, 6.45) is 4.40. The van der Waals surface area contributed by atoms with Crippen molar-refractivity contribution in [3.05, 3.63) is 16.4 Å². The highest BCUT2D eigenvalue weighted by Crippen LogP contribution is 2.24. The standard InChI is InChI=1S/C14H22ClN3O2/c1-9-11(14(15)18(2)17-9)7-13(20)16-12-6-4-3-5-10(12)8-19/h10,12,19H,3-8H2,1-2H3,(H,16,20). The van der Waals surface area contributed by atoms with Gasteiger partial charge >= 0.3 is 0 Å². The van der Waals surface area contributed by atoms with E-state index >= 15 is 0 Å². The molecule has 5 nitrogen and oxygen atoms in total. The molecule has 20 heavy (non-hydrogen) atoms. The topological polar surface area (TPSA) is 67.2 Å². The number of nitrogens with one attached hydrogen (secondary N) is 1. The SMILES string of the molecule is Cc1nn(C)c(Cl)c1CC(=O)NC1CCCCC1CO. The Morgan fingerprint density at radius 1 is 1.50 bits per heavy atom. The second kappa shape index (κ2) is 6.59. The Bertz CT molecular complexity index is 487. The monoisotopic (exact) mass is 299 g/mol. The predicted molar refractivity (Wildman–Crippen MR) is 77.6 cm³/mol. The lowest BCUT2D eigenvalue weighted by atomic mass is 9.85. The molecule has 2 atom stereocenters. The van der Waals surface area contributed by atoms with Crippen molar-refractivity contribution in [1.29, 1.82) is 0 Å². The van der Waals surface area contributed by atoms with Crippen LogP contribution in [0, 0.1) is 12.8 Å². The summed E-state index contributed by atoms with van der Waals surface area (Å²) in [4.78, 5) is 12.2. The fourth-order valence-corrected chi connectivity index (χ4v) is 3.15. The number of aromatic nitrogens is 2. The maximum absolute atomic E-state index is 12.2. The summed E-state index contributed by atoms with van der Waals surface area (Å²) in [6.45, 7) is 1.99. The van der Waals surface area contributed by atoms with Gasteiger partial charge in [0, 0.05) is 31.2 Å².